The van der Waals surface area contributed by atoms with Crippen LogP contribution in [0, 0.1) is 6.92 Å². The third-order valence-electron chi connectivity index (χ3n) is 4.00. The summed E-state index contributed by atoms with van der Waals surface area (Å²) in [6.07, 6.45) is 5.16. The standard InChI is InChI=1S/C16H25NO2/c1-12-11-14(18-3)6-8-15(12)16(17-2)9-7-13-5-4-10-19-13/h6,8,11,13,16-17H,4-5,7,9-10H2,1-3H3. The van der Waals surface area contributed by atoms with Crippen molar-refractivity contribution in [3.8, 4) is 5.75 Å². The molecule has 1 aliphatic rings. The van der Waals surface area contributed by atoms with Gasteiger partial charge in [-0.15, -0.1) is 0 Å². The van der Waals surface area contributed by atoms with E-state index in [4.69, 9.17) is 9.47 Å². The molecule has 2 unspecified atom stereocenters. The first-order valence-electron chi connectivity index (χ1n) is 7.18. The average molecular weight is 263 g/mol. The first-order valence-corrected chi connectivity index (χ1v) is 7.18. The normalized spacial score (nSPS) is 20.5. The van der Waals surface area contributed by atoms with E-state index in [1.165, 1.54) is 24.0 Å². The van der Waals surface area contributed by atoms with E-state index in [9.17, 15) is 0 Å². The van der Waals surface area contributed by atoms with E-state index >= 15 is 0 Å². The van der Waals surface area contributed by atoms with Gasteiger partial charge < -0.3 is 14.8 Å². The Morgan fingerprint density at radius 2 is 2.32 bits per heavy atom. The highest BCUT2D eigenvalue weighted by Crippen LogP contribution is 2.27. The molecule has 0 spiro atoms. The SMILES string of the molecule is CNC(CCC1CCCO1)c1ccc(OC)cc1C. The van der Waals surface area contributed by atoms with Crippen molar-refractivity contribution in [3.05, 3.63) is 29.3 Å². The number of nitrogens with one attached hydrogen (secondary N) is 1. The van der Waals surface area contributed by atoms with E-state index in [1.54, 1.807) is 7.11 Å². The Morgan fingerprint density at radius 1 is 1.47 bits per heavy atom. The topological polar surface area (TPSA) is 30.5 Å². The summed E-state index contributed by atoms with van der Waals surface area (Å²) in [4.78, 5) is 0. The second-order valence-corrected chi connectivity index (χ2v) is 5.28. The van der Waals surface area contributed by atoms with Gasteiger partial charge in [0.15, 0.2) is 0 Å². The smallest absolute Gasteiger partial charge is 0.119 e. The Morgan fingerprint density at radius 3 is 2.89 bits per heavy atom. The van der Waals surface area contributed by atoms with Crippen LogP contribution in [-0.4, -0.2) is 26.9 Å². The monoisotopic (exact) mass is 263 g/mol. The Labute approximate surface area is 116 Å². The second-order valence-electron chi connectivity index (χ2n) is 5.28. The van der Waals surface area contributed by atoms with Gasteiger partial charge in [-0.05, 0) is 62.9 Å². The number of methoxy groups -OCH3 is 1. The van der Waals surface area contributed by atoms with Gasteiger partial charge in [0.05, 0.1) is 13.2 Å². The van der Waals surface area contributed by atoms with Crippen LogP contribution in [0.4, 0.5) is 0 Å². The summed E-state index contributed by atoms with van der Waals surface area (Å²) in [5.41, 5.74) is 2.65. The van der Waals surface area contributed by atoms with E-state index in [-0.39, 0.29) is 0 Å². The van der Waals surface area contributed by atoms with Crippen molar-refractivity contribution < 1.29 is 9.47 Å². The molecule has 1 aliphatic heterocycles. The molecule has 1 saturated heterocycles. The molecule has 0 aromatic heterocycles. The van der Waals surface area contributed by atoms with Gasteiger partial charge in [-0.2, -0.15) is 0 Å². The maximum atomic E-state index is 5.70. The van der Waals surface area contributed by atoms with Crippen LogP contribution in [0.3, 0.4) is 0 Å². The number of hydrogen-bond donors (Lipinski definition) is 1. The second kappa shape index (κ2) is 6.92. The van der Waals surface area contributed by atoms with Gasteiger partial charge in [0.1, 0.15) is 5.75 Å². The quantitative estimate of drug-likeness (QED) is 0.855. The average Bonchev–Trinajstić information content (AvgIpc) is 2.94. The largest absolute Gasteiger partial charge is 0.497 e. The summed E-state index contributed by atoms with van der Waals surface area (Å²) in [5.74, 6) is 0.926. The van der Waals surface area contributed by atoms with Crippen LogP contribution in [0.25, 0.3) is 0 Å². The van der Waals surface area contributed by atoms with Crippen LogP contribution in [0.1, 0.15) is 42.9 Å². The van der Waals surface area contributed by atoms with Gasteiger partial charge in [0.25, 0.3) is 0 Å². The summed E-state index contributed by atoms with van der Waals surface area (Å²) in [6, 6.07) is 6.71. The highest BCUT2D eigenvalue weighted by molar-refractivity contribution is 5.36. The van der Waals surface area contributed by atoms with Crippen molar-refractivity contribution in [1.29, 1.82) is 0 Å². The van der Waals surface area contributed by atoms with Crippen LogP contribution in [-0.2, 0) is 4.74 Å². The molecule has 1 aromatic carbocycles. The lowest BCUT2D eigenvalue weighted by Gasteiger charge is -2.21. The predicted molar refractivity (Wildman–Crippen MR) is 77.7 cm³/mol. The summed E-state index contributed by atoms with van der Waals surface area (Å²) >= 11 is 0. The zero-order valence-electron chi connectivity index (χ0n) is 12.2. The molecule has 1 aromatic rings. The zero-order chi connectivity index (χ0) is 13.7. The molecule has 2 rings (SSSR count). The summed E-state index contributed by atoms with van der Waals surface area (Å²) in [5, 5.41) is 3.42. The molecule has 106 valence electrons. The molecule has 0 saturated carbocycles. The van der Waals surface area contributed by atoms with Crippen LogP contribution in [0.15, 0.2) is 18.2 Å². The molecule has 0 aliphatic carbocycles. The van der Waals surface area contributed by atoms with Crippen LogP contribution in [0.2, 0.25) is 0 Å². The molecule has 0 radical (unpaired) electrons. The van der Waals surface area contributed by atoms with Crippen molar-refractivity contribution in [2.75, 3.05) is 20.8 Å². The highest BCUT2D eigenvalue weighted by Gasteiger charge is 2.19. The first-order chi connectivity index (χ1) is 9.24. The molecule has 3 heteroatoms. The lowest BCUT2D eigenvalue weighted by Crippen LogP contribution is -2.19. The van der Waals surface area contributed by atoms with Crippen molar-refractivity contribution in [1.82, 2.24) is 5.32 Å². The molecule has 0 amide bonds. The first kappa shape index (κ1) is 14.4. The maximum absolute atomic E-state index is 5.70. The van der Waals surface area contributed by atoms with E-state index in [0.29, 0.717) is 12.1 Å². The molecular weight excluding hydrogens is 238 g/mol. The van der Waals surface area contributed by atoms with Crippen LogP contribution < -0.4 is 10.1 Å². The number of ether oxygens (including phenoxy) is 2. The summed E-state index contributed by atoms with van der Waals surface area (Å²) in [7, 11) is 3.74. The van der Waals surface area contributed by atoms with Crippen molar-refractivity contribution >= 4 is 0 Å². The lowest BCUT2D eigenvalue weighted by molar-refractivity contribution is 0.0998. The van der Waals surface area contributed by atoms with Gasteiger partial charge in [-0.25, -0.2) is 0 Å². The summed E-state index contributed by atoms with van der Waals surface area (Å²) in [6.45, 7) is 3.09. The Kier molecular flexibility index (Phi) is 5.23. The van der Waals surface area contributed by atoms with Crippen molar-refractivity contribution in [2.24, 2.45) is 0 Å². The maximum Gasteiger partial charge on any atom is 0.119 e. The van der Waals surface area contributed by atoms with Crippen molar-refractivity contribution in [2.45, 2.75) is 44.8 Å². The molecular formula is C16H25NO2. The minimum atomic E-state index is 0.398. The van der Waals surface area contributed by atoms with Gasteiger partial charge in [0.2, 0.25) is 0 Å². The predicted octanol–water partition coefficient (Wildman–Crippen LogP) is 3.22. The highest BCUT2D eigenvalue weighted by atomic mass is 16.5. The zero-order valence-corrected chi connectivity index (χ0v) is 12.2. The Balaban J connectivity index is 1.99. The van der Waals surface area contributed by atoms with E-state index in [2.05, 4.69) is 24.4 Å². The minimum absolute atomic E-state index is 0.398. The van der Waals surface area contributed by atoms with Crippen LogP contribution in [0.5, 0.6) is 5.75 Å². The van der Waals surface area contributed by atoms with Gasteiger partial charge >= 0.3 is 0 Å². The van der Waals surface area contributed by atoms with E-state index in [0.717, 1.165) is 25.2 Å². The van der Waals surface area contributed by atoms with Gasteiger partial charge in [0, 0.05) is 12.6 Å². The summed E-state index contributed by atoms with van der Waals surface area (Å²) < 4.78 is 11.0. The van der Waals surface area contributed by atoms with Crippen molar-refractivity contribution in [3.63, 3.8) is 0 Å². The lowest BCUT2D eigenvalue weighted by atomic mass is 9.95. The third-order valence-corrected chi connectivity index (χ3v) is 4.00. The van der Waals surface area contributed by atoms with E-state index < -0.39 is 0 Å². The molecule has 2 atom stereocenters. The fraction of sp³-hybridized carbons (Fsp3) is 0.625. The number of rotatable bonds is 6. The van der Waals surface area contributed by atoms with Gasteiger partial charge in [-0.1, -0.05) is 6.07 Å². The fourth-order valence-electron chi connectivity index (χ4n) is 2.85. The van der Waals surface area contributed by atoms with E-state index in [1.807, 2.05) is 13.1 Å². The molecule has 19 heavy (non-hydrogen) atoms. The number of hydrogen-bond acceptors (Lipinski definition) is 3. The Hall–Kier alpha value is -1.06. The third kappa shape index (κ3) is 3.71. The van der Waals surface area contributed by atoms with Gasteiger partial charge in [-0.3, -0.25) is 0 Å². The molecule has 3 nitrogen and oxygen atoms in total. The fourth-order valence-corrected chi connectivity index (χ4v) is 2.85. The van der Waals surface area contributed by atoms with Crippen LogP contribution >= 0.6 is 0 Å². The number of benzene rings is 1. The minimum Gasteiger partial charge on any atom is -0.497 e. The molecule has 1 N–H and O–H groups in total. The number of aryl methyl sites for hydroxylation is 1. The molecule has 0 bridgehead atoms. The Bertz CT molecular complexity index is 400. The molecule has 1 fully saturated rings. The molecule has 1 heterocycles.